The van der Waals surface area contributed by atoms with Gasteiger partial charge < -0.3 is 5.32 Å². The number of aliphatic imine (C=N–C) groups is 1. The number of nitrogens with one attached hydrogen (secondary N) is 1. The van der Waals surface area contributed by atoms with Gasteiger partial charge >= 0.3 is 0 Å². The Balaban J connectivity index is 2.22. The maximum Gasteiger partial charge on any atom is 0.232 e. The molecule has 1 fully saturated rings. The zero-order valence-electron chi connectivity index (χ0n) is 7.53. The van der Waals surface area contributed by atoms with E-state index in [0.717, 1.165) is 25.9 Å². The molecule has 0 bridgehead atoms. The van der Waals surface area contributed by atoms with Crippen molar-refractivity contribution in [1.29, 1.82) is 0 Å². The second kappa shape index (κ2) is 3.64. The molecule has 0 unspecified atom stereocenters. The van der Waals surface area contributed by atoms with Gasteiger partial charge in [-0.15, -0.1) is 0 Å². The SMILES string of the molecule is O=S1(=O)C(Cl)=CN=C1C1CCNCC1. The fourth-order valence-corrected chi connectivity index (χ4v) is 3.29. The Hall–Kier alpha value is -0.390. The first-order valence-electron chi connectivity index (χ1n) is 4.51. The molecule has 78 valence electrons. The van der Waals surface area contributed by atoms with Crippen molar-refractivity contribution in [2.75, 3.05) is 13.1 Å². The molecule has 0 aromatic carbocycles. The summed E-state index contributed by atoms with van der Waals surface area (Å²) >= 11 is 5.56. The van der Waals surface area contributed by atoms with Gasteiger partial charge in [0, 0.05) is 5.92 Å². The van der Waals surface area contributed by atoms with Crippen molar-refractivity contribution in [1.82, 2.24) is 5.32 Å². The molecule has 1 saturated heterocycles. The summed E-state index contributed by atoms with van der Waals surface area (Å²) in [5.74, 6) is 0.0359. The molecule has 0 radical (unpaired) electrons. The van der Waals surface area contributed by atoms with Gasteiger partial charge in [0.1, 0.15) is 5.04 Å². The molecule has 2 rings (SSSR count). The second-order valence-electron chi connectivity index (χ2n) is 3.43. The lowest BCUT2D eigenvalue weighted by Crippen LogP contribution is -2.34. The summed E-state index contributed by atoms with van der Waals surface area (Å²) < 4.78 is 23.1. The van der Waals surface area contributed by atoms with E-state index in [1.807, 2.05) is 0 Å². The maximum absolute atomic E-state index is 11.6. The Kier molecular flexibility index (Phi) is 2.64. The molecule has 0 aromatic heterocycles. The molecule has 2 aliphatic heterocycles. The van der Waals surface area contributed by atoms with Gasteiger partial charge in [-0.05, 0) is 25.9 Å². The lowest BCUT2D eigenvalue weighted by atomic mass is 9.99. The van der Waals surface area contributed by atoms with Crippen LogP contribution in [-0.4, -0.2) is 26.6 Å². The van der Waals surface area contributed by atoms with Crippen molar-refractivity contribution >= 4 is 26.5 Å². The first kappa shape index (κ1) is 10.1. The van der Waals surface area contributed by atoms with Crippen molar-refractivity contribution in [2.24, 2.45) is 10.9 Å². The van der Waals surface area contributed by atoms with Gasteiger partial charge in [-0.1, -0.05) is 11.6 Å². The van der Waals surface area contributed by atoms with Crippen LogP contribution in [0.1, 0.15) is 12.8 Å². The Bertz CT molecular complexity index is 394. The average Bonchev–Trinajstić information content (AvgIpc) is 2.44. The van der Waals surface area contributed by atoms with E-state index in [1.165, 1.54) is 6.20 Å². The van der Waals surface area contributed by atoms with Gasteiger partial charge in [0.15, 0.2) is 4.36 Å². The van der Waals surface area contributed by atoms with E-state index in [4.69, 9.17) is 11.6 Å². The number of rotatable bonds is 1. The summed E-state index contributed by atoms with van der Waals surface area (Å²) in [5.41, 5.74) is 0. The van der Waals surface area contributed by atoms with Gasteiger partial charge in [-0.3, -0.25) is 0 Å². The zero-order chi connectivity index (χ0) is 10.2. The summed E-state index contributed by atoms with van der Waals surface area (Å²) in [5, 5.41) is 3.43. The summed E-state index contributed by atoms with van der Waals surface area (Å²) in [4.78, 5) is 3.90. The minimum Gasteiger partial charge on any atom is -0.317 e. The molecule has 0 spiro atoms. The second-order valence-corrected chi connectivity index (χ2v) is 5.92. The lowest BCUT2D eigenvalue weighted by molar-refractivity contribution is 0.459. The van der Waals surface area contributed by atoms with E-state index < -0.39 is 9.84 Å². The highest BCUT2D eigenvalue weighted by Crippen LogP contribution is 2.28. The fraction of sp³-hybridized carbons (Fsp3) is 0.625. The van der Waals surface area contributed by atoms with E-state index in [-0.39, 0.29) is 15.3 Å². The lowest BCUT2D eigenvalue weighted by Gasteiger charge is -2.21. The van der Waals surface area contributed by atoms with Crippen LogP contribution >= 0.6 is 11.6 Å². The van der Waals surface area contributed by atoms with Crippen LogP contribution in [0.3, 0.4) is 0 Å². The smallest absolute Gasteiger partial charge is 0.232 e. The first-order chi connectivity index (χ1) is 6.62. The van der Waals surface area contributed by atoms with Crippen LogP contribution in [0.5, 0.6) is 0 Å². The molecule has 2 heterocycles. The highest BCUT2D eigenvalue weighted by atomic mass is 35.5. The number of hydrogen-bond acceptors (Lipinski definition) is 4. The number of nitrogens with zero attached hydrogens (tertiary/aromatic N) is 1. The summed E-state index contributed by atoms with van der Waals surface area (Å²) in [6, 6.07) is 0. The molecule has 0 aromatic rings. The van der Waals surface area contributed by atoms with Crippen LogP contribution in [0.15, 0.2) is 15.6 Å². The number of halogens is 1. The summed E-state index contributed by atoms with van der Waals surface area (Å²) in [6.45, 7) is 1.69. The third-order valence-electron chi connectivity index (χ3n) is 2.51. The predicted octanol–water partition coefficient (Wildman–Crippen LogP) is 0.851. The van der Waals surface area contributed by atoms with Crippen molar-refractivity contribution in [3.05, 3.63) is 10.6 Å². The molecule has 0 atom stereocenters. The van der Waals surface area contributed by atoms with Gasteiger partial charge in [0.25, 0.3) is 0 Å². The Morgan fingerprint density at radius 2 is 2.07 bits per heavy atom. The van der Waals surface area contributed by atoms with Crippen LogP contribution in [-0.2, 0) is 9.84 Å². The third-order valence-corrected chi connectivity index (χ3v) is 4.83. The highest BCUT2D eigenvalue weighted by molar-refractivity contribution is 8.11. The summed E-state index contributed by atoms with van der Waals surface area (Å²) in [6.07, 6.45) is 2.86. The zero-order valence-corrected chi connectivity index (χ0v) is 9.11. The van der Waals surface area contributed by atoms with Gasteiger partial charge in [0.2, 0.25) is 9.84 Å². The fourth-order valence-electron chi connectivity index (χ4n) is 1.75. The van der Waals surface area contributed by atoms with Crippen LogP contribution < -0.4 is 5.32 Å². The molecule has 6 heteroatoms. The van der Waals surface area contributed by atoms with E-state index >= 15 is 0 Å². The third kappa shape index (κ3) is 1.60. The minimum absolute atomic E-state index is 0.0359. The Morgan fingerprint density at radius 1 is 1.43 bits per heavy atom. The van der Waals surface area contributed by atoms with E-state index in [9.17, 15) is 8.42 Å². The molecule has 0 amide bonds. The molecular formula is C8H11ClN2O2S. The summed E-state index contributed by atoms with van der Waals surface area (Å²) in [7, 11) is -3.42. The molecule has 1 N–H and O–H groups in total. The average molecular weight is 235 g/mol. The molecular weight excluding hydrogens is 224 g/mol. The van der Waals surface area contributed by atoms with Crippen molar-refractivity contribution in [3.8, 4) is 0 Å². The van der Waals surface area contributed by atoms with Crippen molar-refractivity contribution in [3.63, 3.8) is 0 Å². The van der Waals surface area contributed by atoms with Crippen molar-refractivity contribution in [2.45, 2.75) is 12.8 Å². The molecule has 0 aliphatic carbocycles. The Morgan fingerprint density at radius 3 is 2.57 bits per heavy atom. The first-order valence-corrected chi connectivity index (χ1v) is 6.37. The quantitative estimate of drug-likeness (QED) is 0.732. The number of hydrogen-bond donors (Lipinski definition) is 1. The predicted molar refractivity (Wildman–Crippen MR) is 55.9 cm³/mol. The minimum atomic E-state index is -3.42. The molecule has 0 saturated carbocycles. The molecule has 4 nitrogen and oxygen atoms in total. The van der Waals surface area contributed by atoms with Crippen LogP contribution in [0.4, 0.5) is 0 Å². The molecule has 2 aliphatic rings. The Labute approximate surface area is 88.0 Å². The maximum atomic E-state index is 11.6. The monoisotopic (exact) mass is 234 g/mol. The normalized spacial score (nSPS) is 27.2. The standard InChI is InChI=1S/C8H11ClN2O2S/c9-7-5-11-8(14(7,12)13)6-1-3-10-4-2-6/h5-6,10H,1-4H2. The largest absolute Gasteiger partial charge is 0.317 e. The van der Waals surface area contributed by atoms with Crippen LogP contribution in [0.25, 0.3) is 0 Å². The number of piperidine rings is 1. The molecule has 14 heavy (non-hydrogen) atoms. The van der Waals surface area contributed by atoms with E-state index in [1.54, 1.807) is 0 Å². The van der Waals surface area contributed by atoms with Crippen LogP contribution in [0, 0.1) is 5.92 Å². The van der Waals surface area contributed by atoms with Gasteiger partial charge in [-0.25, -0.2) is 13.4 Å². The van der Waals surface area contributed by atoms with Gasteiger partial charge in [-0.2, -0.15) is 0 Å². The topological polar surface area (TPSA) is 58.5 Å². The van der Waals surface area contributed by atoms with E-state index in [2.05, 4.69) is 10.3 Å². The van der Waals surface area contributed by atoms with Crippen molar-refractivity contribution < 1.29 is 8.42 Å². The van der Waals surface area contributed by atoms with Crippen LogP contribution in [0.2, 0.25) is 0 Å². The van der Waals surface area contributed by atoms with E-state index in [0.29, 0.717) is 0 Å². The highest BCUT2D eigenvalue weighted by Gasteiger charge is 2.34. The van der Waals surface area contributed by atoms with Gasteiger partial charge in [0.05, 0.1) is 6.20 Å². The number of sulfone groups is 1.